The monoisotopic (exact) mass is 663 g/mol. The van der Waals surface area contributed by atoms with Gasteiger partial charge in [-0.3, -0.25) is 14.0 Å². The quantitative estimate of drug-likeness (QED) is 0.0802. The van der Waals surface area contributed by atoms with E-state index in [4.69, 9.17) is 9.79 Å². The lowest BCUT2D eigenvalue weighted by molar-refractivity contribution is -0.132. The first-order chi connectivity index (χ1) is 22.2. The fourth-order valence-corrected chi connectivity index (χ4v) is 6.37. The van der Waals surface area contributed by atoms with Crippen molar-refractivity contribution < 1.29 is 19.1 Å². The number of aryl methyl sites for hydroxylation is 2. The highest BCUT2D eigenvalue weighted by molar-refractivity contribution is 7.51. The molecule has 0 bridgehead atoms. The van der Waals surface area contributed by atoms with Crippen LogP contribution in [-0.2, 0) is 22.4 Å². The van der Waals surface area contributed by atoms with Crippen molar-refractivity contribution in [2.75, 3.05) is 62.6 Å². The van der Waals surface area contributed by atoms with Gasteiger partial charge in [-0.15, -0.1) is 5.10 Å². The summed E-state index contributed by atoms with van der Waals surface area (Å²) in [6, 6.07) is 2.85. The average Bonchev–Trinajstić information content (AvgIpc) is 3.49. The summed E-state index contributed by atoms with van der Waals surface area (Å²) in [6.45, 7) is 8.20. The molecule has 2 aromatic rings. The molecule has 1 saturated carbocycles. The third-order valence-electron chi connectivity index (χ3n) is 8.47. The maximum Gasteiger partial charge on any atom is 0.326 e. The van der Waals surface area contributed by atoms with Crippen LogP contribution in [0.25, 0.3) is 0 Å². The molecule has 3 heterocycles. The van der Waals surface area contributed by atoms with Gasteiger partial charge >= 0.3 is 7.60 Å². The Hall–Kier alpha value is -2.68. The number of amides is 1. The molecule has 7 N–H and O–H groups in total. The number of rotatable bonds is 20. The summed E-state index contributed by atoms with van der Waals surface area (Å²) in [7, 11) is -4.01. The van der Waals surface area contributed by atoms with E-state index >= 15 is 0 Å². The second kappa shape index (κ2) is 19.2. The van der Waals surface area contributed by atoms with Crippen molar-refractivity contribution in [2.45, 2.75) is 96.3 Å². The van der Waals surface area contributed by atoms with Gasteiger partial charge in [-0.1, -0.05) is 24.5 Å². The lowest BCUT2D eigenvalue weighted by Gasteiger charge is -2.32. The molecule has 1 aliphatic carbocycles. The van der Waals surface area contributed by atoms with Crippen molar-refractivity contribution in [1.82, 2.24) is 45.8 Å². The Kier molecular flexibility index (Phi) is 15.1. The SMILES string of the molecule is Cc1cc(NC2CCN(C(=O)CCNCCP(=O)(O)O)CC2)nc(NCc2cn(CCCNCCCNC3CCCCC3)nn2)n1. The van der Waals surface area contributed by atoms with Crippen LogP contribution in [0.5, 0.6) is 0 Å². The highest BCUT2D eigenvalue weighted by Gasteiger charge is 2.23. The molecular formula is C30H54N11O4P. The van der Waals surface area contributed by atoms with Crippen LogP contribution in [0.1, 0.15) is 75.6 Å². The molecule has 2 fully saturated rings. The number of carbonyl (C=O) groups is 1. The van der Waals surface area contributed by atoms with Gasteiger partial charge in [-0.25, -0.2) is 4.98 Å². The molecule has 0 atom stereocenters. The second-order valence-electron chi connectivity index (χ2n) is 12.5. The zero-order valence-electron chi connectivity index (χ0n) is 27.3. The van der Waals surface area contributed by atoms with E-state index in [1.807, 2.05) is 28.8 Å². The summed E-state index contributed by atoms with van der Waals surface area (Å²) in [4.78, 5) is 41.4. The summed E-state index contributed by atoms with van der Waals surface area (Å²) in [5.74, 6) is 1.32. The minimum Gasteiger partial charge on any atom is -0.367 e. The first-order valence-electron chi connectivity index (χ1n) is 17.0. The molecule has 0 spiro atoms. The van der Waals surface area contributed by atoms with Crippen LogP contribution in [0.4, 0.5) is 11.8 Å². The van der Waals surface area contributed by atoms with Crippen molar-refractivity contribution in [1.29, 1.82) is 0 Å². The Morgan fingerprint density at radius 2 is 1.72 bits per heavy atom. The van der Waals surface area contributed by atoms with E-state index in [9.17, 15) is 9.36 Å². The summed E-state index contributed by atoms with van der Waals surface area (Å²) >= 11 is 0. The van der Waals surface area contributed by atoms with Crippen molar-refractivity contribution in [3.8, 4) is 0 Å². The van der Waals surface area contributed by atoms with Gasteiger partial charge in [-0.2, -0.15) is 4.98 Å². The third-order valence-corrected chi connectivity index (χ3v) is 9.28. The Balaban J connectivity index is 1.08. The number of piperidine rings is 1. The number of carbonyl (C=O) groups excluding carboxylic acids is 1. The summed E-state index contributed by atoms with van der Waals surface area (Å²) in [5.41, 5.74) is 1.68. The Morgan fingerprint density at radius 1 is 0.957 bits per heavy atom. The number of anilines is 2. The molecule has 258 valence electrons. The van der Waals surface area contributed by atoms with Crippen LogP contribution in [0.2, 0.25) is 0 Å². The first-order valence-corrected chi connectivity index (χ1v) is 18.8. The number of nitrogens with zero attached hydrogens (tertiary/aromatic N) is 6. The number of hydrogen-bond acceptors (Lipinski definition) is 11. The van der Waals surface area contributed by atoms with Crippen LogP contribution < -0.4 is 26.6 Å². The summed E-state index contributed by atoms with van der Waals surface area (Å²) < 4.78 is 12.8. The van der Waals surface area contributed by atoms with Gasteiger partial charge in [-0.05, 0) is 65.1 Å². The topological polar surface area (TPSA) is 194 Å². The van der Waals surface area contributed by atoms with Crippen LogP contribution in [0.15, 0.2) is 12.3 Å². The van der Waals surface area contributed by atoms with Gasteiger partial charge in [0.1, 0.15) is 11.5 Å². The number of likely N-dealkylation sites (tertiary alicyclic amines) is 1. The molecule has 0 aromatic carbocycles. The highest BCUT2D eigenvalue weighted by atomic mass is 31.2. The predicted molar refractivity (Wildman–Crippen MR) is 179 cm³/mol. The van der Waals surface area contributed by atoms with E-state index in [1.165, 1.54) is 32.1 Å². The minimum absolute atomic E-state index is 0.0492. The van der Waals surface area contributed by atoms with Gasteiger partial charge in [0.2, 0.25) is 11.9 Å². The van der Waals surface area contributed by atoms with E-state index in [1.54, 1.807) is 0 Å². The number of hydrogen-bond donors (Lipinski definition) is 7. The van der Waals surface area contributed by atoms with Gasteiger partial charge in [0, 0.05) is 63.0 Å². The molecule has 15 nitrogen and oxygen atoms in total. The van der Waals surface area contributed by atoms with Crippen molar-refractivity contribution >= 4 is 25.3 Å². The lowest BCUT2D eigenvalue weighted by atomic mass is 9.95. The van der Waals surface area contributed by atoms with Crippen LogP contribution in [-0.4, -0.2) is 110 Å². The molecule has 1 saturated heterocycles. The van der Waals surface area contributed by atoms with E-state index in [-0.39, 0.29) is 24.7 Å². The molecule has 1 aliphatic heterocycles. The van der Waals surface area contributed by atoms with Crippen LogP contribution in [0.3, 0.4) is 0 Å². The van der Waals surface area contributed by atoms with E-state index in [0.717, 1.165) is 75.1 Å². The normalized spacial score (nSPS) is 16.5. The molecule has 46 heavy (non-hydrogen) atoms. The molecule has 0 radical (unpaired) electrons. The fraction of sp³-hybridized carbons (Fsp3) is 0.767. The largest absolute Gasteiger partial charge is 0.367 e. The van der Waals surface area contributed by atoms with Crippen molar-refractivity contribution in [2.24, 2.45) is 0 Å². The second-order valence-corrected chi connectivity index (χ2v) is 14.3. The number of nitrogens with one attached hydrogen (secondary N) is 5. The van der Waals surface area contributed by atoms with E-state index < -0.39 is 7.60 Å². The van der Waals surface area contributed by atoms with Gasteiger partial charge < -0.3 is 41.3 Å². The summed E-state index contributed by atoms with van der Waals surface area (Å²) in [6.07, 6.45) is 12.6. The smallest absolute Gasteiger partial charge is 0.326 e. The standard InChI is InChI=1S/C30H54N11O4P/c1-24-21-28(36-26-10-18-40(19-11-26)29(42)9-15-32-16-20-46(43,44)45)37-30(35-24)34-22-27-23-41(39-38-27)17-6-13-31-12-5-14-33-25-7-3-2-4-8-25/h21,23,25-26,31-33H,2-20,22H2,1H3,(H2,43,44,45)(H2,34,35,36,37). The first kappa shape index (κ1) is 36.2. The number of aromatic nitrogens is 5. The van der Waals surface area contributed by atoms with E-state index in [2.05, 4.69) is 46.9 Å². The Labute approximate surface area is 272 Å². The zero-order chi connectivity index (χ0) is 32.6. The molecule has 2 aliphatic rings. The maximum absolute atomic E-state index is 12.5. The molecule has 2 aromatic heterocycles. The Bertz CT molecular complexity index is 1230. The van der Waals surface area contributed by atoms with Gasteiger partial charge in [0.25, 0.3) is 0 Å². The Morgan fingerprint density at radius 3 is 2.50 bits per heavy atom. The molecule has 4 rings (SSSR count). The zero-order valence-corrected chi connectivity index (χ0v) is 28.2. The van der Waals surface area contributed by atoms with Crippen LogP contribution >= 0.6 is 7.60 Å². The summed E-state index contributed by atoms with van der Waals surface area (Å²) in [5, 5.41) is 25.5. The molecule has 0 unspecified atom stereocenters. The van der Waals surface area contributed by atoms with Gasteiger partial charge in [0.05, 0.1) is 18.9 Å². The van der Waals surface area contributed by atoms with Crippen molar-refractivity contribution in [3.05, 3.63) is 23.7 Å². The molecule has 16 heteroatoms. The van der Waals surface area contributed by atoms with E-state index in [0.29, 0.717) is 38.5 Å². The third kappa shape index (κ3) is 14.0. The van der Waals surface area contributed by atoms with Gasteiger partial charge in [0.15, 0.2) is 0 Å². The fourth-order valence-electron chi connectivity index (χ4n) is 5.92. The molecular weight excluding hydrogens is 609 g/mol. The molecule has 1 amide bonds. The average molecular weight is 664 g/mol. The lowest BCUT2D eigenvalue weighted by Crippen LogP contribution is -2.43. The van der Waals surface area contributed by atoms with Crippen LogP contribution in [0, 0.1) is 6.92 Å². The minimum atomic E-state index is -4.01. The highest BCUT2D eigenvalue weighted by Crippen LogP contribution is 2.32. The van der Waals surface area contributed by atoms with Crippen molar-refractivity contribution in [3.63, 3.8) is 0 Å². The maximum atomic E-state index is 12.5. The predicted octanol–water partition coefficient (Wildman–Crippen LogP) is 1.84.